The Bertz CT molecular complexity index is 848. The molecule has 1 aliphatic rings. The van der Waals surface area contributed by atoms with Crippen molar-refractivity contribution in [2.24, 2.45) is 0 Å². The molecule has 0 aliphatic carbocycles. The zero-order valence-corrected chi connectivity index (χ0v) is 16.0. The standard InChI is InChI=1S/C21H23F4N3O/c1-15(20(29)26-14-16-5-4-6-17(13-16)21(23,24)25)27-9-11-28(12-10-27)19-8-3-2-7-18(19)22/h2-8,13,15H,9-12,14H2,1H3,(H,26,29). The molecule has 1 aliphatic heterocycles. The third-order valence-corrected chi connectivity index (χ3v) is 5.16. The number of halogens is 4. The third-order valence-electron chi connectivity index (χ3n) is 5.16. The molecule has 1 fully saturated rings. The molecule has 1 heterocycles. The van der Waals surface area contributed by atoms with Crippen molar-refractivity contribution >= 4 is 11.6 Å². The lowest BCUT2D eigenvalue weighted by Crippen LogP contribution is -2.54. The monoisotopic (exact) mass is 409 g/mol. The average Bonchev–Trinajstić information content (AvgIpc) is 2.71. The van der Waals surface area contributed by atoms with E-state index in [1.807, 2.05) is 9.80 Å². The van der Waals surface area contributed by atoms with Gasteiger partial charge >= 0.3 is 6.18 Å². The van der Waals surface area contributed by atoms with Crippen LogP contribution in [0.3, 0.4) is 0 Å². The molecule has 2 aromatic rings. The van der Waals surface area contributed by atoms with E-state index in [2.05, 4.69) is 5.32 Å². The Balaban J connectivity index is 1.52. The number of nitrogens with zero attached hydrogens (tertiary/aromatic N) is 2. The Hall–Kier alpha value is -2.61. The molecule has 0 spiro atoms. The molecule has 1 amide bonds. The number of alkyl halides is 3. The maximum Gasteiger partial charge on any atom is 0.416 e. The van der Waals surface area contributed by atoms with E-state index in [-0.39, 0.29) is 18.3 Å². The number of rotatable bonds is 5. The highest BCUT2D eigenvalue weighted by Gasteiger charge is 2.30. The van der Waals surface area contributed by atoms with Gasteiger partial charge in [0.25, 0.3) is 0 Å². The maximum atomic E-state index is 13.9. The summed E-state index contributed by atoms with van der Waals surface area (Å²) in [5.41, 5.74) is 0.208. The van der Waals surface area contributed by atoms with Crippen LogP contribution in [0.1, 0.15) is 18.1 Å². The highest BCUT2D eigenvalue weighted by Crippen LogP contribution is 2.29. The van der Waals surface area contributed by atoms with E-state index in [1.54, 1.807) is 31.2 Å². The first-order valence-corrected chi connectivity index (χ1v) is 9.43. The third kappa shape index (κ3) is 5.26. The van der Waals surface area contributed by atoms with Gasteiger partial charge in [0.05, 0.1) is 17.3 Å². The Morgan fingerprint density at radius 3 is 2.41 bits per heavy atom. The van der Waals surface area contributed by atoms with Gasteiger partial charge in [-0.05, 0) is 36.8 Å². The van der Waals surface area contributed by atoms with Crippen molar-refractivity contribution < 1.29 is 22.4 Å². The second-order valence-electron chi connectivity index (χ2n) is 7.07. The van der Waals surface area contributed by atoms with Gasteiger partial charge in [0.15, 0.2) is 0 Å². The molecular weight excluding hydrogens is 386 g/mol. The van der Waals surface area contributed by atoms with E-state index in [4.69, 9.17) is 0 Å². The molecule has 4 nitrogen and oxygen atoms in total. The first-order valence-electron chi connectivity index (χ1n) is 9.43. The average molecular weight is 409 g/mol. The summed E-state index contributed by atoms with van der Waals surface area (Å²) in [6.45, 7) is 4.15. The lowest BCUT2D eigenvalue weighted by Gasteiger charge is -2.38. The van der Waals surface area contributed by atoms with E-state index in [1.165, 1.54) is 12.1 Å². The molecule has 1 N–H and O–H groups in total. The number of piperazine rings is 1. The first kappa shape index (κ1) is 21.1. The van der Waals surface area contributed by atoms with E-state index < -0.39 is 17.8 Å². The maximum absolute atomic E-state index is 13.9. The summed E-state index contributed by atoms with van der Waals surface area (Å²) in [7, 11) is 0. The van der Waals surface area contributed by atoms with Crippen molar-refractivity contribution in [3.05, 3.63) is 65.5 Å². The quantitative estimate of drug-likeness (QED) is 0.766. The summed E-state index contributed by atoms with van der Waals surface area (Å²) in [4.78, 5) is 16.4. The predicted molar refractivity (Wildman–Crippen MR) is 103 cm³/mol. The Kier molecular flexibility index (Phi) is 6.42. The minimum Gasteiger partial charge on any atom is -0.367 e. The Morgan fingerprint density at radius 1 is 1.07 bits per heavy atom. The Morgan fingerprint density at radius 2 is 1.76 bits per heavy atom. The molecular formula is C21H23F4N3O. The van der Waals surface area contributed by atoms with Crippen LogP contribution in [0.2, 0.25) is 0 Å². The zero-order chi connectivity index (χ0) is 21.0. The molecule has 1 atom stereocenters. The van der Waals surface area contributed by atoms with Crippen molar-refractivity contribution in [3.63, 3.8) is 0 Å². The van der Waals surface area contributed by atoms with Crippen LogP contribution in [0, 0.1) is 5.82 Å². The topological polar surface area (TPSA) is 35.6 Å². The van der Waals surface area contributed by atoms with Gasteiger partial charge in [0.1, 0.15) is 5.82 Å². The van der Waals surface area contributed by atoms with Gasteiger partial charge in [-0.3, -0.25) is 9.69 Å². The number of amides is 1. The van der Waals surface area contributed by atoms with E-state index in [0.29, 0.717) is 37.4 Å². The lowest BCUT2D eigenvalue weighted by molar-refractivity contribution is -0.137. The van der Waals surface area contributed by atoms with E-state index in [9.17, 15) is 22.4 Å². The minimum atomic E-state index is -4.41. The first-order chi connectivity index (χ1) is 13.8. The number of anilines is 1. The van der Waals surface area contributed by atoms with Gasteiger partial charge in [-0.1, -0.05) is 24.3 Å². The number of carbonyl (C=O) groups excluding carboxylic acids is 1. The van der Waals surface area contributed by atoms with Crippen LogP contribution in [-0.4, -0.2) is 43.0 Å². The molecule has 0 saturated carbocycles. The fraction of sp³-hybridized carbons (Fsp3) is 0.381. The van der Waals surface area contributed by atoms with Crippen LogP contribution in [0.4, 0.5) is 23.2 Å². The van der Waals surface area contributed by atoms with Crippen LogP contribution < -0.4 is 10.2 Å². The van der Waals surface area contributed by atoms with Crippen LogP contribution in [-0.2, 0) is 17.5 Å². The number of hydrogen-bond acceptors (Lipinski definition) is 3. The smallest absolute Gasteiger partial charge is 0.367 e. The molecule has 0 bridgehead atoms. The van der Waals surface area contributed by atoms with Crippen molar-refractivity contribution in [3.8, 4) is 0 Å². The molecule has 29 heavy (non-hydrogen) atoms. The van der Waals surface area contributed by atoms with Crippen molar-refractivity contribution in [1.29, 1.82) is 0 Å². The summed E-state index contributed by atoms with van der Waals surface area (Å²) in [5, 5.41) is 2.71. The van der Waals surface area contributed by atoms with Gasteiger partial charge in [0, 0.05) is 32.7 Å². The summed E-state index contributed by atoms with van der Waals surface area (Å²) >= 11 is 0. The van der Waals surface area contributed by atoms with Gasteiger partial charge in [-0.2, -0.15) is 13.2 Å². The molecule has 0 aromatic heterocycles. The fourth-order valence-corrected chi connectivity index (χ4v) is 3.42. The SMILES string of the molecule is CC(C(=O)NCc1cccc(C(F)(F)F)c1)N1CCN(c2ccccc2F)CC1. The lowest BCUT2D eigenvalue weighted by atomic mass is 10.1. The largest absolute Gasteiger partial charge is 0.416 e. The number of hydrogen-bond donors (Lipinski definition) is 1. The molecule has 156 valence electrons. The second kappa shape index (κ2) is 8.82. The summed E-state index contributed by atoms with van der Waals surface area (Å²) in [5.74, 6) is -0.519. The Labute approximate surface area is 167 Å². The van der Waals surface area contributed by atoms with E-state index >= 15 is 0 Å². The molecule has 8 heteroatoms. The van der Waals surface area contributed by atoms with Gasteiger partial charge < -0.3 is 10.2 Å². The molecule has 1 unspecified atom stereocenters. The van der Waals surface area contributed by atoms with Crippen LogP contribution in [0.25, 0.3) is 0 Å². The number of para-hydroxylation sites is 1. The van der Waals surface area contributed by atoms with Crippen molar-refractivity contribution in [1.82, 2.24) is 10.2 Å². The van der Waals surface area contributed by atoms with Gasteiger partial charge in [-0.15, -0.1) is 0 Å². The van der Waals surface area contributed by atoms with Gasteiger partial charge in [-0.25, -0.2) is 4.39 Å². The predicted octanol–water partition coefficient (Wildman–Crippen LogP) is 3.67. The van der Waals surface area contributed by atoms with Crippen LogP contribution >= 0.6 is 0 Å². The zero-order valence-electron chi connectivity index (χ0n) is 16.0. The molecule has 2 aromatic carbocycles. The highest BCUT2D eigenvalue weighted by atomic mass is 19.4. The molecule has 0 radical (unpaired) electrons. The van der Waals surface area contributed by atoms with Crippen LogP contribution in [0.15, 0.2) is 48.5 Å². The van der Waals surface area contributed by atoms with Crippen molar-refractivity contribution in [2.75, 3.05) is 31.1 Å². The minimum absolute atomic E-state index is 0.0300. The summed E-state index contributed by atoms with van der Waals surface area (Å²) in [6.07, 6.45) is -4.41. The summed E-state index contributed by atoms with van der Waals surface area (Å²) < 4.78 is 52.3. The second-order valence-corrected chi connectivity index (χ2v) is 7.07. The normalized spacial score (nSPS) is 16.5. The van der Waals surface area contributed by atoms with Crippen molar-refractivity contribution in [2.45, 2.75) is 25.7 Å². The summed E-state index contributed by atoms with van der Waals surface area (Å²) in [6, 6.07) is 11.1. The highest BCUT2D eigenvalue weighted by molar-refractivity contribution is 5.81. The number of nitrogens with one attached hydrogen (secondary N) is 1. The fourth-order valence-electron chi connectivity index (χ4n) is 3.42. The molecule has 3 rings (SSSR count). The van der Waals surface area contributed by atoms with E-state index in [0.717, 1.165) is 12.1 Å². The number of benzene rings is 2. The van der Waals surface area contributed by atoms with Gasteiger partial charge in [0.2, 0.25) is 5.91 Å². The molecule has 1 saturated heterocycles. The van der Waals surface area contributed by atoms with Crippen LogP contribution in [0.5, 0.6) is 0 Å². The number of carbonyl (C=O) groups is 1.